The Bertz CT molecular complexity index is 758. The van der Waals surface area contributed by atoms with Gasteiger partial charge in [-0.15, -0.1) is 12.4 Å². The first-order valence-electron chi connectivity index (χ1n) is 7.92. The van der Waals surface area contributed by atoms with Gasteiger partial charge in [-0.25, -0.2) is 9.18 Å². The number of ether oxygens (including phenoxy) is 1. The van der Waals surface area contributed by atoms with Crippen LogP contribution in [0.25, 0.3) is 10.9 Å². The summed E-state index contributed by atoms with van der Waals surface area (Å²) in [7, 11) is 0. The molecule has 3 fully saturated rings. The molecule has 0 unspecified atom stereocenters. The number of hydrogen-bond donors (Lipinski definition) is 1. The minimum absolute atomic E-state index is 0. The second-order valence-electron chi connectivity index (χ2n) is 6.68. The molecule has 4 nitrogen and oxygen atoms in total. The quantitative estimate of drug-likeness (QED) is 0.764. The normalized spacial score (nSPS) is 25.5. The molecule has 1 N–H and O–H groups in total. The van der Waals surface area contributed by atoms with Crippen LogP contribution >= 0.6 is 28.3 Å². The Labute approximate surface area is 154 Å². The monoisotopic (exact) mass is 416 g/mol. The summed E-state index contributed by atoms with van der Waals surface area (Å²) in [6, 6.07) is 2.74. The summed E-state index contributed by atoms with van der Waals surface area (Å²) in [4.78, 5) is 17.9. The lowest BCUT2D eigenvalue weighted by atomic mass is 9.73. The highest BCUT2D eigenvalue weighted by Crippen LogP contribution is 2.40. The van der Waals surface area contributed by atoms with E-state index in [1.807, 2.05) is 0 Å². The molecule has 0 amide bonds. The second kappa shape index (κ2) is 6.65. The number of benzene rings is 1. The molecule has 0 spiro atoms. The largest absolute Gasteiger partial charge is 0.461 e. The molecule has 5 rings (SSSR count). The highest BCUT2D eigenvalue weighted by Gasteiger charge is 2.40. The molecule has 0 saturated carbocycles. The van der Waals surface area contributed by atoms with E-state index < -0.39 is 0 Å². The molecular weight excluding hydrogens is 399 g/mol. The third kappa shape index (κ3) is 3.07. The Morgan fingerprint density at radius 3 is 2.62 bits per heavy atom. The number of nitrogens with one attached hydrogen (secondary N) is 1. The highest BCUT2D eigenvalue weighted by atomic mass is 79.9. The van der Waals surface area contributed by atoms with Crippen LogP contribution in [-0.4, -0.2) is 42.1 Å². The van der Waals surface area contributed by atoms with Gasteiger partial charge in [-0.1, -0.05) is 0 Å². The zero-order chi connectivity index (χ0) is 16.0. The number of carbonyl (C=O) groups excluding carboxylic acids is 1. The first kappa shape index (κ1) is 17.7. The number of rotatable bonds is 3. The van der Waals surface area contributed by atoms with Gasteiger partial charge < -0.3 is 14.6 Å². The maximum atomic E-state index is 13.4. The van der Waals surface area contributed by atoms with Crippen LogP contribution in [0.3, 0.4) is 0 Å². The molecule has 1 aromatic carbocycles. The summed E-state index contributed by atoms with van der Waals surface area (Å²) in [5.41, 5.74) is 1.20. The fraction of sp³-hybridized carbons (Fsp3) is 0.471. The molecule has 0 aliphatic carbocycles. The second-order valence-corrected chi connectivity index (χ2v) is 7.53. The molecular formula is C17H19BrClFN2O2. The van der Waals surface area contributed by atoms with Crippen molar-refractivity contribution in [3.05, 3.63) is 34.2 Å². The molecule has 130 valence electrons. The fourth-order valence-electron chi connectivity index (χ4n) is 3.75. The number of fused-ring (bicyclic) bond motifs is 4. The maximum Gasteiger partial charge on any atom is 0.340 e. The van der Waals surface area contributed by atoms with Crippen LogP contribution in [-0.2, 0) is 4.74 Å². The molecule has 7 heteroatoms. The zero-order valence-corrected chi connectivity index (χ0v) is 15.5. The van der Waals surface area contributed by atoms with E-state index in [0.29, 0.717) is 27.5 Å². The van der Waals surface area contributed by atoms with Crippen molar-refractivity contribution in [2.75, 3.05) is 26.2 Å². The first-order valence-corrected chi connectivity index (χ1v) is 8.71. The summed E-state index contributed by atoms with van der Waals surface area (Å²) >= 11 is 3.33. The Hall–Kier alpha value is -1.11. The van der Waals surface area contributed by atoms with Crippen LogP contribution in [0.4, 0.5) is 4.39 Å². The van der Waals surface area contributed by atoms with Crippen LogP contribution in [0.1, 0.15) is 29.6 Å². The van der Waals surface area contributed by atoms with Gasteiger partial charge in [-0.05, 0) is 67.0 Å². The lowest BCUT2D eigenvalue weighted by Crippen LogP contribution is -2.50. The number of esters is 1. The lowest BCUT2D eigenvalue weighted by Gasteiger charge is -2.47. The van der Waals surface area contributed by atoms with Gasteiger partial charge >= 0.3 is 5.97 Å². The Morgan fingerprint density at radius 2 is 1.96 bits per heavy atom. The van der Waals surface area contributed by atoms with Crippen LogP contribution in [0.15, 0.2) is 22.8 Å². The van der Waals surface area contributed by atoms with Crippen LogP contribution in [0.2, 0.25) is 0 Å². The topological polar surface area (TPSA) is 45.3 Å². The number of carbonyl (C=O) groups is 1. The van der Waals surface area contributed by atoms with E-state index in [9.17, 15) is 9.18 Å². The van der Waals surface area contributed by atoms with Crippen molar-refractivity contribution in [3.63, 3.8) is 0 Å². The standard InChI is InChI=1S/C17H18BrFN2O2.ClH/c18-13-7-11(19)8-14-15(13)12(9-20-14)16(22)23-10-17-1-4-21(5-2-17)6-3-17;/h7-9,20H,1-6,10H2;1H. The number of aromatic nitrogens is 1. The summed E-state index contributed by atoms with van der Waals surface area (Å²) in [5.74, 6) is -0.690. The summed E-state index contributed by atoms with van der Waals surface area (Å²) in [6.07, 6.45) is 4.90. The van der Waals surface area contributed by atoms with Gasteiger partial charge in [0.2, 0.25) is 0 Å². The van der Waals surface area contributed by atoms with Gasteiger partial charge in [0.05, 0.1) is 17.7 Å². The fourth-order valence-corrected chi connectivity index (χ4v) is 4.40. The smallest absolute Gasteiger partial charge is 0.340 e. The van der Waals surface area contributed by atoms with Crippen LogP contribution < -0.4 is 0 Å². The van der Waals surface area contributed by atoms with Crippen molar-refractivity contribution in [3.8, 4) is 0 Å². The first-order chi connectivity index (χ1) is 11.1. The number of piperidine rings is 3. The minimum atomic E-state index is -0.348. The van der Waals surface area contributed by atoms with Gasteiger partial charge in [-0.3, -0.25) is 0 Å². The predicted octanol–water partition coefficient (Wildman–Crippen LogP) is 4.13. The molecule has 3 aliphatic heterocycles. The number of halogens is 3. The van der Waals surface area contributed by atoms with E-state index in [-0.39, 0.29) is 29.6 Å². The Balaban J connectivity index is 0.00000169. The van der Waals surface area contributed by atoms with Gasteiger partial charge in [0.1, 0.15) is 5.82 Å². The predicted molar refractivity (Wildman–Crippen MR) is 96.2 cm³/mol. The zero-order valence-electron chi connectivity index (χ0n) is 13.1. The van der Waals surface area contributed by atoms with Crippen molar-refractivity contribution < 1.29 is 13.9 Å². The number of hydrogen-bond acceptors (Lipinski definition) is 3. The average molecular weight is 418 g/mol. The van der Waals surface area contributed by atoms with Crippen molar-refractivity contribution in [2.45, 2.75) is 19.3 Å². The van der Waals surface area contributed by atoms with Crippen molar-refractivity contribution in [1.82, 2.24) is 9.88 Å². The van der Waals surface area contributed by atoms with Crippen molar-refractivity contribution in [1.29, 1.82) is 0 Å². The maximum absolute atomic E-state index is 13.4. The molecule has 3 saturated heterocycles. The van der Waals surface area contributed by atoms with Gasteiger partial charge in [-0.2, -0.15) is 0 Å². The molecule has 0 atom stereocenters. The van der Waals surface area contributed by atoms with E-state index in [4.69, 9.17) is 4.74 Å². The average Bonchev–Trinajstić information content (AvgIpc) is 2.98. The minimum Gasteiger partial charge on any atom is -0.461 e. The molecule has 0 radical (unpaired) electrons. The Morgan fingerprint density at radius 1 is 1.29 bits per heavy atom. The molecule has 1 aromatic heterocycles. The van der Waals surface area contributed by atoms with Gasteiger partial charge in [0.25, 0.3) is 0 Å². The SMILES string of the molecule is Cl.O=C(OCC12CCN(CC1)CC2)c1c[nH]c2cc(F)cc(Br)c12. The third-order valence-electron chi connectivity index (χ3n) is 5.30. The summed E-state index contributed by atoms with van der Waals surface area (Å²) in [6.45, 7) is 3.80. The highest BCUT2D eigenvalue weighted by molar-refractivity contribution is 9.10. The summed E-state index contributed by atoms with van der Waals surface area (Å²) in [5, 5.41) is 0.673. The lowest BCUT2D eigenvalue weighted by molar-refractivity contribution is -0.0304. The van der Waals surface area contributed by atoms with E-state index in [1.54, 1.807) is 6.20 Å². The van der Waals surface area contributed by atoms with E-state index >= 15 is 0 Å². The van der Waals surface area contributed by atoms with E-state index in [2.05, 4.69) is 25.8 Å². The number of nitrogens with zero attached hydrogens (tertiary/aromatic N) is 1. The number of H-pyrrole nitrogens is 1. The molecule has 24 heavy (non-hydrogen) atoms. The van der Waals surface area contributed by atoms with E-state index in [1.165, 1.54) is 12.1 Å². The molecule has 3 aliphatic rings. The Kier molecular flexibility index (Phi) is 4.91. The molecule has 2 bridgehead atoms. The van der Waals surface area contributed by atoms with E-state index in [0.717, 1.165) is 38.9 Å². The third-order valence-corrected chi connectivity index (χ3v) is 5.93. The molecule has 2 aromatic rings. The van der Waals surface area contributed by atoms with Gasteiger partial charge in [0, 0.05) is 21.5 Å². The van der Waals surface area contributed by atoms with Gasteiger partial charge in [0.15, 0.2) is 0 Å². The number of aromatic amines is 1. The summed E-state index contributed by atoms with van der Waals surface area (Å²) < 4.78 is 19.6. The molecule has 4 heterocycles. The van der Waals surface area contributed by atoms with Crippen molar-refractivity contribution in [2.24, 2.45) is 5.41 Å². The van der Waals surface area contributed by atoms with Crippen molar-refractivity contribution >= 4 is 45.2 Å². The van der Waals surface area contributed by atoms with Crippen LogP contribution in [0, 0.1) is 11.2 Å². The van der Waals surface area contributed by atoms with Crippen LogP contribution in [0.5, 0.6) is 0 Å².